The third-order valence-electron chi connectivity index (χ3n) is 17.0. The zero-order chi connectivity index (χ0) is 76.0. The van der Waals surface area contributed by atoms with Gasteiger partial charge in [-0.2, -0.15) is 0 Å². The van der Waals surface area contributed by atoms with Crippen molar-refractivity contribution in [3.8, 4) is 0 Å². The minimum atomic E-state index is -5.00. The molecule has 3 N–H and O–H groups in total. The van der Waals surface area contributed by atoms with Crippen molar-refractivity contribution in [1.29, 1.82) is 0 Å². The van der Waals surface area contributed by atoms with E-state index in [4.69, 9.17) is 37.0 Å². The SMILES string of the molecule is CC/C=C\C/C=C\C/C=C\C/C=C\C/C=C\CC(=O)OCC(COP(=O)(O)OCC(O)COP(=O)(O)OCC(COC(=O)CCCCCCCC/C=C\C/C=C\C/C=C\C/C=C\CC)OC(=O)CCCCCCCCCCCCCCCCC)OC(=O)CCCCCCC/C=C\CCCCCCCC. The molecule has 0 aromatic heterocycles. The number of hydrogen-bond acceptors (Lipinski definition) is 15. The Hall–Kier alpha value is -4.54. The number of phosphoric ester groups is 2. The van der Waals surface area contributed by atoms with Gasteiger partial charge in [0.2, 0.25) is 0 Å². The summed E-state index contributed by atoms with van der Waals surface area (Å²) in [6, 6.07) is 0. The molecule has 0 aromatic rings. The summed E-state index contributed by atoms with van der Waals surface area (Å²) in [5.74, 6) is -2.33. The Morgan fingerprint density at radius 3 is 0.865 bits per heavy atom. The number of carbonyl (C=O) groups excluding carboxylic acids is 4. The van der Waals surface area contributed by atoms with Gasteiger partial charge in [0.1, 0.15) is 19.3 Å². The summed E-state index contributed by atoms with van der Waals surface area (Å²) in [5, 5.41) is 10.6. The van der Waals surface area contributed by atoms with Gasteiger partial charge in [0.05, 0.1) is 32.8 Å². The summed E-state index contributed by atoms with van der Waals surface area (Å²) in [6.07, 6.45) is 84.9. The molecule has 0 heterocycles. The highest BCUT2D eigenvalue weighted by atomic mass is 31.2. The quantitative estimate of drug-likeness (QED) is 0.0169. The van der Waals surface area contributed by atoms with E-state index in [0.717, 1.165) is 154 Å². The van der Waals surface area contributed by atoms with E-state index < -0.39 is 97.5 Å². The number of ether oxygens (including phenoxy) is 4. The van der Waals surface area contributed by atoms with Crippen molar-refractivity contribution in [3.63, 3.8) is 0 Å². The predicted molar refractivity (Wildman–Crippen MR) is 427 cm³/mol. The van der Waals surface area contributed by atoms with Crippen LogP contribution in [-0.4, -0.2) is 96.7 Å². The minimum Gasteiger partial charge on any atom is -0.462 e. The van der Waals surface area contributed by atoms with E-state index >= 15 is 0 Å². The molecule has 598 valence electrons. The van der Waals surface area contributed by atoms with E-state index in [-0.39, 0.29) is 25.7 Å². The Morgan fingerprint density at radius 2 is 0.538 bits per heavy atom. The van der Waals surface area contributed by atoms with Crippen molar-refractivity contribution >= 4 is 39.5 Å². The van der Waals surface area contributed by atoms with Crippen molar-refractivity contribution in [2.75, 3.05) is 39.6 Å². The topological polar surface area (TPSA) is 237 Å². The van der Waals surface area contributed by atoms with Crippen molar-refractivity contribution in [1.82, 2.24) is 0 Å². The maximum Gasteiger partial charge on any atom is 0.472 e. The summed E-state index contributed by atoms with van der Waals surface area (Å²) in [7, 11) is -9.99. The van der Waals surface area contributed by atoms with Crippen LogP contribution in [0.5, 0.6) is 0 Å². The van der Waals surface area contributed by atoms with Gasteiger partial charge in [-0.3, -0.25) is 37.3 Å². The lowest BCUT2D eigenvalue weighted by atomic mass is 10.0. The molecule has 0 aliphatic heterocycles. The van der Waals surface area contributed by atoms with Crippen LogP contribution in [0.15, 0.2) is 122 Å². The van der Waals surface area contributed by atoms with Crippen LogP contribution < -0.4 is 0 Å². The van der Waals surface area contributed by atoms with Gasteiger partial charge in [-0.15, -0.1) is 0 Å². The molecule has 5 unspecified atom stereocenters. The maximum atomic E-state index is 13.1. The average Bonchev–Trinajstić information content (AvgIpc) is 0.912. The number of carbonyl (C=O) groups is 4. The van der Waals surface area contributed by atoms with Crippen LogP contribution in [0.2, 0.25) is 0 Å². The molecule has 0 bridgehead atoms. The van der Waals surface area contributed by atoms with Crippen LogP contribution in [0.1, 0.15) is 336 Å². The van der Waals surface area contributed by atoms with Crippen LogP contribution in [0, 0.1) is 0 Å². The number of allylic oxidation sites excluding steroid dienone is 19. The van der Waals surface area contributed by atoms with Crippen molar-refractivity contribution < 1.29 is 80.2 Å². The van der Waals surface area contributed by atoms with Crippen LogP contribution in [0.3, 0.4) is 0 Å². The number of hydrogen-bond donors (Lipinski definition) is 3. The summed E-state index contributed by atoms with van der Waals surface area (Å²) < 4.78 is 68.5. The summed E-state index contributed by atoms with van der Waals surface area (Å²) in [6.45, 7) is 4.55. The van der Waals surface area contributed by atoms with Gasteiger partial charge in [-0.25, -0.2) is 9.13 Å². The molecule has 0 saturated heterocycles. The molecule has 19 heteroatoms. The third-order valence-corrected chi connectivity index (χ3v) is 18.9. The zero-order valence-electron chi connectivity index (χ0n) is 65.4. The fraction of sp³-hybridized carbons (Fsp3) is 0.718. The van der Waals surface area contributed by atoms with E-state index in [1.54, 1.807) is 6.08 Å². The number of aliphatic hydroxyl groups is 1. The molecule has 0 saturated carbocycles. The highest BCUT2D eigenvalue weighted by molar-refractivity contribution is 7.47. The Morgan fingerprint density at radius 1 is 0.288 bits per heavy atom. The van der Waals surface area contributed by atoms with Gasteiger partial charge in [0.15, 0.2) is 12.2 Å². The fourth-order valence-corrected chi connectivity index (χ4v) is 12.4. The number of esters is 4. The van der Waals surface area contributed by atoms with Gasteiger partial charge in [0, 0.05) is 19.3 Å². The first-order valence-corrected chi connectivity index (χ1v) is 43.8. The Labute approximate surface area is 632 Å². The third kappa shape index (κ3) is 75.7. The molecule has 0 amide bonds. The van der Waals surface area contributed by atoms with Crippen LogP contribution in [0.4, 0.5) is 0 Å². The molecule has 0 aromatic carbocycles. The summed E-state index contributed by atoms with van der Waals surface area (Å²) in [4.78, 5) is 73.0. The van der Waals surface area contributed by atoms with Gasteiger partial charge in [-0.1, -0.05) is 316 Å². The highest BCUT2D eigenvalue weighted by Crippen LogP contribution is 2.45. The van der Waals surface area contributed by atoms with E-state index in [9.17, 15) is 43.2 Å². The first-order chi connectivity index (χ1) is 50.7. The Bertz CT molecular complexity index is 2440. The van der Waals surface area contributed by atoms with E-state index in [2.05, 4.69) is 125 Å². The van der Waals surface area contributed by atoms with E-state index in [1.165, 1.54) is 103 Å². The molecule has 104 heavy (non-hydrogen) atoms. The molecule has 0 aliphatic carbocycles. The second-order valence-corrected chi connectivity index (χ2v) is 29.9. The Kier molecular flexibility index (Phi) is 73.3. The Balaban J connectivity index is 5.42. The number of unbranched alkanes of at least 4 members (excludes halogenated alkanes) is 31. The summed E-state index contributed by atoms with van der Waals surface area (Å²) in [5.41, 5.74) is 0. The standard InChI is InChI=1S/C85H146O17P2/c1-5-9-13-17-21-25-29-33-37-38-39-40-44-46-50-54-58-62-66-70-83(88)96-76-81(102-85(90)72-68-64-60-56-52-48-43-36-32-28-24-20-16-12-8-4)78-100-104(93,94)98-74-79(86)73-97-103(91,92)99-77-80(101-84(89)71-67-63-59-55-51-47-42-35-31-27-23-19-15-11-7-3)75-95-82(87)69-65-61-57-53-49-45-41-34-30-26-22-18-14-10-6-2/h9-10,13-14,21-22,25-26,33-35,37,39-42,49,53,61,65,79-81,86H,5-8,11-12,15-20,23-24,27-32,36,38,43-48,50-52,54-60,62-64,66-78H2,1-4H3,(H,91,92)(H,93,94)/b13-9-,14-10-,25-21-,26-22-,37-33-,40-39-,41-34-,42-35-,53-49-,65-61-. The average molecular weight is 1500 g/mol. The van der Waals surface area contributed by atoms with Gasteiger partial charge in [-0.05, 0) is 116 Å². The lowest BCUT2D eigenvalue weighted by Crippen LogP contribution is -2.30. The van der Waals surface area contributed by atoms with Crippen LogP contribution in [-0.2, 0) is 65.4 Å². The molecule has 0 rings (SSSR count). The fourth-order valence-electron chi connectivity index (χ4n) is 10.8. The molecule has 17 nitrogen and oxygen atoms in total. The van der Waals surface area contributed by atoms with Gasteiger partial charge in [0.25, 0.3) is 0 Å². The van der Waals surface area contributed by atoms with Crippen molar-refractivity contribution in [2.24, 2.45) is 0 Å². The largest absolute Gasteiger partial charge is 0.472 e. The van der Waals surface area contributed by atoms with Gasteiger partial charge < -0.3 is 33.8 Å². The lowest BCUT2D eigenvalue weighted by Gasteiger charge is -2.21. The van der Waals surface area contributed by atoms with Crippen molar-refractivity contribution in [2.45, 2.75) is 354 Å². The number of rotatable bonds is 76. The molecular formula is C85H146O17P2. The first-order valence-electron chi connectivity index (χ1n) is 40.8. The maximum absolute atomic E-state index is 13.1. The smallest absolute Gasteiger partial charge is 0.462 e. The van der Waals surface area contributed by atoms with Crippen molar-refractivity contribution in [3.05, 3.63) is 122 Å². The normalized spacial score (nSPS) is 14.5. The number of aliphatic hydroxyl groups excluding tert-OH is 1. The second kappa shape index (κ2) is 76.6. The molecule has 5 atom stereocenters. The second-order valence-electron chi connectivity index (χ2n) is 27.0. The molecular weight excluding hydrogens is 1350 g/mol. The van der Waals surface area contributed by atoms with Crippen LogP contribution >= 0.6 is 15.6 Å². The molecule has 0 spiro atoms. The lowest BCUT2D eigenvalue weighted by molar-refractivity contribution is -0.161. The molecule has 0 fully saturated rings. The monoisotopic (exact) mass is 1500 g/mol. The highest BCUT2D eigenvalue weighted by Gasteiger charge is 2.30. The summed E-state index contributed by atoms with van der Waals surface area (Å²) >= 11 is 0. The van der Waals surface area contributed by atoms with Gasteiger partial charge >= 0.3 is 39.5 Å². The number of phosphoric acid groups is 2. The minimum absolute atomic E-state index is 0.0647. The zero-order valence-corrected chi connectivity index (χ0v) is 67.2. The van der Waals surface area contributed by atoms with E-state index in [0.29, 0.717) is 25.7 Å². The molecule has 0 radical (unpaired) electrons. The van der Waals surface area contributed by atoms with Crippen LogP contribution in [0.25, 0.3) is 0 Å². The van der Waals surface area contributed by atoms with E-state index in [1.807, 2.05) is 18.2 Å². The first kappa shape index (κ1) is 99.5. The predicted octanol–water partition coefficient (Wildman–Crippen LogP) is 23.9. The molecule has 0 aliphatic rings.